The lowest BCUT2D eigenvalue weighted by molar-refractivity contribution is 0.167. The van der Waals surface area contributed by atoms with Crippen LogP contribution in [0.1, 0.15) is 18.9 Å². The zero-order chi connectivity index (χ0) is 12.3. The molecule has 1 aromatic carbocycles. The van der Waals surface area contributed by atoms with Crippen LogP contribution in [0.25, 0.3) is 10.1 Å². The van der Waals surface area contributed by atoms with Gasteiger partial charge in [0.2, 0.25) is 0 Å². The first-order valence-electron chi connectivity index (χ1n) is 5.75. The fourth-order valence-corrected chi connectivity index (χ4v) is 2.48. The van der Waals surface area contributed by atoms with Crippen LogP contribution in [0.4, 0.5) is 4.39 Å². The van der Waals surface area contributed by atoms with Gasteiger partial charge in [0.15, 0.2) is 0 Å². The normalized spacial score (nSPS) is 13.1. The molecular weight excluding hydrogens is 237 g/mol. The van der Waals surface area contributed by atoms with Gasteiger partial charge in [-0.05, 0) is 35.4 Å². The summed E-state index contributed by atoms with van der Waals surface area (Å²) >= 11 is 1.54. The van der Waals surface area contributed by atoms with Gasteiger partial charge in [0.05, 0.1) is 6.10 Å². The molecule has 0 saturated carbocycles. The highest BCUT2D eigenvalue weighted by molar-refractivity contribution is 7.17. The third kappa shape index (κ3) is 3.03. The molecule has 2 nitrogen and oxygen atoms in total. The Hall–Kier alpha value is -0.970. The van der Waals surface area contributed by atoms with Gasteiger partial charge in [-0.2, -0.15) is 0 Å². The van der Waals surface area contributed by atoms with Crippen LogP contribution >= 0.6 is 11.3 Å². The molecule has 0 aliphatic heterocycles. The molecule has 4 heteroatoms. The van der Waals surface area contributed by atoms with Crippen LogP contribution in [0.2, 0.25) is 0 Å². The number of rotatable bonds is 5. The maximum absolute atomic E-state index is 13.7. The maximum Gasteiger partial charge on any atom is 0.129 e. The van der Waals surface area contributed by atoms with Gasteiger partial charge in [0.25, 0.3) is 0 Å². The molecule has 0 bridgehead atoms. The van der Waals surface area contributed by atoms with Crippen molar-refractivity contribution >= 4 is 21.4 Å². The fraction of sp³-hybridized carbons (Fsp3) is 0.385. The van der Waals surface area contributed by atoms with Crippen molar-refractivity contribution in [2.45, 2.75) is 26.0 Å². The number of halogens is 1. The van der Waals surface area contributed by atoms with Crippen molar-refractivity contribution in [3.8, 4) is 0 Å². The standard InChI is InChI=1S/C13H16FNOS/c1-2-11(16)8-15-7-10-5-9-3-4-17-13(9)6-12(10)14/h3-6,11,15-16H,2,7-8H2,1H3/t11-/m1/s1. The van der Waals surface area contributed by atoms with E-state index in [1.807, 2.05) is 24.4 Å². The molecule has 0 spiro atoms. The lowest BCUT2D eigenvalue weighted by Gasteiger charge is -2.10. The minimum Gasteiger partial charge on any atom is -0.392 e. The molecule has 0 radical (unpaired) electrons. The Balaban J connectivity index is 2.04. The van der Waals surface area contributed by atoms with E-state index in [4.69, 9.17) is 0 Å². The van der Waals surface area contributed by atoms with E-state index in [-0.39, 0.29) is 11.9 Å². The minimum atomic E-state index is -0.358. The highest BCUT2D eigenvalue weighted by atomic mass is 32.1. The van der Waals surface area contributed by atoms with E-state index in [1.165, 1.54) is 0 Å². The van der Waals surface area contributed by atoms with Gasteiger partial charge in [-0.15, -0.1) is 11.3 Å². The summed E-state index contributed by atoms with van der Waals surface area (Å²) in [6.45, 7) is 2.87. The van der Waals surface area contributed by atoms with E-state index < -0.39 is 0 Å². The zero-order valence-corrected chi connectivity index (χ0v) is 10.6. The molecule has 17 heavy (non-hydrogen) atoms. The van der Waals surface area contributed by atoms with Gasteiger partial charge in [0, 0.05) is 23.4 Å². The number of aliphatic hydroxyl groups is 1. The number of benzene rings is 1. The van der Waals surface area contributed by atoms with Crippen molar-refractivity contribution in [2.24, 2.45) is 0 Å². The summed E-state index contributed by atoms with van der Waals surface area (Å²) in [6, 6.07) is 5.43. The average Bonchev–Trinajstić information content (AvgIpc) is 2.76. The molecule has 0 amide bonds. The smallest absolute Gasteiger partial charge is 0.129 e. The van der Waals surface area contributed by atoms with Crippen LogP contribution in [0.15, 0.2) is 23.6 Å². The third-order valence-electron chi connectivity index (χ3n) is 2.79. The van der Waals surface area contributed by atoms with E-state index >= 15 is 0 Å². The second-order valence-electron chi connectivity index (χ2n) is 4.10. The maximum atomic E-state index is 13.7. The average molecular weight is 253 g/mol. The first kappa shape index (κ1) is 12.5. The second kappa shape index (κ2) is 5.58. The van der Waals surface area contributed by atoms with Crippen LogP contribution in [0.5, 0.6) is 0 Å². The molecule has 0 aliphatic rings. The number of hydrogen-bond acceptors (Lipinski definition) is 3. The Morgan fingerprint density at radius 2 is 2.29 bits per heavy atom. The third-order valence-corrected chi connectivity index (χ3v) is 3.67. The molecule has 1 heterocycles. The van der Waals surface area contributed by atoms with E-state index in [0.717, 1.165) is 10.1 Å². The summed E-state index contributed by atoms with van der Waals surface area (Å²) in [6.07, 6.45) is 0.349. The van der Waals surface area contributed by atoms with Crippen molar-refractivity contribution in [1.82, 2.24) is 5.32 Å². The number of fused-ring (bicyclic) bond motifs is 1. The van der Waals surface area contributed by atoms with Crippen LogP contribution in [0.3, 0.4) is 0 Å². The number of aliphatic hydroxyl groups excluding tert-OH is 1. The van der Waals surface area contributed by atoms with E-state index in [2.05, 4.69) is 5.32 Å². The van der Waals surface area contributed by atoms with Gasteiger partial charge in [0.1, 0.15) is 5.82 Å². The van der Waals surface area contributed by atoms with Crippen LogP contribution in [-0.2, 0) is 6.54 Å². The van der Waals surface area contributed by atoms with Crippen molar-refractivity contribution in [3.05, 3.63) is 35.0 Å². The summed E-state index contributed by atoms with van der Waals surface area (Å²) in [5, 5.41) is 15.5. The predicted octanol–water partition coefficient (Wildman–Crippen LogP) is 2.90. The second-order valence-corrected chi connectivity index (χ2v) is 5.04. The van der Waals surface area contributed by atoms with E-state index in [0.29, 0.717) is 25.1 Å². The van der Waals surface area contributed by atoms with Gasteiger partial charge >= 0.3 is 0 Å². The SMILES string of the molecule is CC[C@@H](O)CNCc1cc2ccsc2cc1F. The van der Waals surface area contributed by atoms with E-state index in [9.17, 15) is 9.50 Å². The van der Waals surface area contributed by atoms with Gasteiger partial charge in [-0.1, -0.05) is 6.92 Å². The summed E-state index contributed by atoms with van der Waals surface area (Å²) in [7, 11) is 0. The molecule has 0 aliphatic carbocycles. The fourth-order valence-electron chi connectivity index (χ4n) is 1.69. The molecular formula is C13H16FNOS. The first-order chi connectivity index (χ1) is 8.20. The Morgan fingerprint density at radius 3 is 3.06 bits per heavy atom. The lowest BCUT2D eigenvalue weighted by atomic mass is 10.1. The first-order valence-corrected chi connectivity index (χ1v) is 6.63. The number of hydrogen-bond donors (Lipinski definition) is 2. The molecule has 2 rings (SSSR count). The van der Waals surface area contributed by atoms with Crippen molar-refractivity contribution in [3.63, 3.8) is 0 Å². The van der Waals surface area contributed by atoms with Crippen LogP contribution in [-0.4, -0.2) is 17.8 Å². The Bertz CT molecular complexity index is 497. The Kier molecular flexibility index (Phi) is 4.10. The van der Waals surface area contributed by atoms with Crippen LogP contribution < -0.4 is 5.32 Å². The highest BCUT2D eigenvalue weighted by Crippen LogP contribution is 2.24. The topological polar surface area (TPSA) is 32.3 Å². The summed E-state index contributed by atoms with van der Waals surface area (Å²) in [5.41, 5.74) is 0.652. The molecule has 0 fully saturated rings. The van der Waals surface area contributed by atoms with Gasteiger partial charge < -0.3 is 10.4 Å². The zero-order valence-electron chi connectivity index (χ0n) is 9.74. The van der Waals surface area contributed by atoms with Crippen molar-refractivity contribution in [2.75, 3.05) is 6.54 Å². The molecule has 1 aromatic heterocycles. The van der Waals surface area contributed by atoms with Crippen molar-refractivity contribution in [1.29, 1.82) is 0 Å². The number of thiophene rings is 1. The molecule has 0 saturated heterocycles. The Morgan fingerprint density at radius 1 is 1.47 bits per heavy atom. The van der Waals surface area contributed by atoms with Gasteiger partial charge in [-0.25, -0.2) is 4.39 Å². The largest absolute Gasteiger partial charge is 0.392 e. The minimum absolute atomic E-state index is 0.182. The summed E-state index contributed by atoms with van der Waals surface area (Å²) in [4.78, 5) is 0. The Labute approximate surface area is 104 Å². The molecule has 0 unspecified atom stereocenters. The molecule has 2 N–H and O–H groups in total. The van der Waals surface area contributed by atoms with Gasteiger partial charge in [-0.3, -0.25) is 0 Å². The molecule has 2 aromatic rings. The highest BCUT2D eigenvalue weighted by Gasteiger charge is 2.06. The molecule has 1 atom stereocenters. The quantitative estimate of drug-likeness (QED) is 0.858. The lowest BCUT2D eigenvalue weighted by Crippen LogP contribution is -2.26. The summed E-state index contributed by atoms with van der Waals surface area (Å²) < 4.78 is 14.7. The van der Waals surface area contributed by atoms with E-state index in [1.54, 1.807) is 17.4 Å². The van der Waals surface area contributed by atoms with Crippen molar-refractivity contribution < 1.29 is 9.50 Å². The summed E-state index contributed by atoms with van der Waals surface area (Å²) in [5.74, 6) is -0.182. The monoisotopic (exact) mass is 253 g/mol. The van der Waals surface area contributed by atoms with Crippen LogP contribution in [0, 0.1) is 5.82 Å². The predicted molar refractivity (Wildman–Crippen MR) is 69.8 cm³/mol. The number of nitrogens with one attached hydrogen (secondary N) is 1. The molecule has 92 valence electrons.